The monoisotopic (exact) mass is 422 g/mol. The van der Waals surface area contributed by atoms with Crippen molar-refractivity contribution in [1.29, 1.82) is 0 Å². The van der Waals surface area contributed by atoms with Crippen LogP contribution < -0.4 is 10.2 Å². The van der Waals surface area contributed by atoms with E-state index >= 15 is 0 Å². The Morgan fingerprint density at radius 3 is 2.60 bits per heavy atom. The van der Waals surface area contributed by atoms with E-state index in [9.17, 15) is 9.59 Å². The highest BCUT2D eigenvalue weighted by Crippen LogP contribution is 2.19. The normalized spacial score (nSPS) is 15.2. The standard InChI is InChI=1S/C23H26N4O2S/c28-22(10-9-18-6-2-1-3-7-18)25-19-11-14-26(15-12-19)17-27-21(16-30-23(27)29)20-8-4-5-13-24-20/h1-8,13,16,19H,9-12,14-15,17H2,(H,25,28). The lowest BCUT2D eigenvalue weighted by atomic mass is 10.0. The molecule has 1 amide bonds. The molecule has 3 aromatic rings. The second-order valence-electron chi connectivity index (χ2n) is 7.62. The summed E-state index contributed by atoms with van der Waals surface area (Å²) in [5.41, 5.74) is 2.87. The van der Waals surface area contributed by atoms with Crippen LogP contribution in [0.5, 0.6) is 0 Å². The summed E-state index contributed by atoms with van der Waals surface area (Å²) in [7, 11) is 0. The minimum Gasteiger partial charge on any atom is -0.353 e. The van der Waals surface area contributed by atoms with Gasteiger partial charge in [0.05, 0.1) is 18.1 Å². The third kappa shape index (κ3) is 5.23. The van der Waals surface area contributed by atoms with Crippen LogP contribution in [0.1, 0.15) is 24.8 Å². The molecule has 1 fully saturated rings. The zero-order chi connectivity index (χ0) is 20.8. The first-order valence-corrected chi connectivity index (χ1v) is 11.2. The molecule has 0 atom stereocenters. The molecule has 1 aliphatic rings. The Balaban J connectivity index is 1.27. The van der Waals surface area contributed by atoms with Gasteiger partial charge in [-0.1, -0.05) is 47.7 Å². The molecule has 0 bridgehead atoms. The number of thiazole rings is 1. The van der Waals surface area contributed by atoms with Crippen molar-refractivity contribution in [1.82, 2.24) is 19.8 Å². The molecule has 7 heteroatoms. The summed E-state index contributed by atoms with van der Waals surface area (Å²) in [6, 6.07) is 16.0. The van der Waals surface area contributed by atoms with E-state index in [0.717, 1.165) is 43.7 Å². The molecule has 1 aliphatic heterocycles. The first-order valence-electron chi connectivity index (χ1n) is 10.3. The molecule has 2 aromatic heterocycles. The summed E-state index contributed by atoms with van der Waals surface area (Å²) >= 11 is 1.21. The van der Waals surface area contributed by atoms with Crippen LogP contribution in [0, 0.1) is 0 Å². The Kier molecular flexibility index (Phi) is 6.71. The van der Waals surface area contributed by atoms with Gasteiger partial charge in [-0.05, 0) is 37.0 Å². The average molecular weight is 423 g/mol. The lowest BCUT2D eigenvalue weighted by Crippen LogP contribution is -2.45. The van der Waals surface area contributed by atoms with Gasteiger partial charge < -0.3 is 5.32 Å². The molecule has 0 spiro atoms. The van der Waals surface area contributed by atoms with Gasteiger partial charge >= 0.3 is 4.87 Å². The number of rotatable bonds is 7. The second-order valence-corrected chi connectivity index (χ2v) is 8.44. The van der Waals surface area contributed by atoms with Gasteiger partial charge in [0.15, 0.2) is 0 Å². The van der Waals surface area contributed by atoms with Gasteiger partial charge in [0.2, 0.25) is 5.91 Å². The minimum atomic E-state index is 0.0343. The second kappa shape index (κ2) is 9.82. The first kappa shape index (κ1) is 20.5. The number of piperidine rings is 1. The summed E-state index contributed by atoms with van der Waals surface area (Å²) in [6.07, 6.45) is 4.82. The molecule has 4 rings (SSSR count). The van der Waals surface area contributed by atoms with Crippen LogP contribution in [0.25, 0.3) is 11.4 Å². The maximum Gasteiger partial charge on any atom is 0.308 e. The minimum absolute atomic E-state index is 0.0343. The molecule has 0 radical (unpaired) electrons. The van der Waals surface area contributed by atoms with Crippen LogP contribution in [-0.4, -0.2) is 39.5 Å². The number of carbonyl (C=O) groups is 1. The van der Waals surface area contributed by atoms with Crippen molar-refractivity contribution >= 4 is 17.2 Å². The Morgan fingerprint density at radius 2 is 1.87 bits per heavy atom. The van der Waals surface area contributed by atoms with Crippen molar-refractivity contribution in [2.75, 3.05) is 13.1 Å². The number of benzene rings is 1. The SMILES string of the molecule is O=C(CCc1ccccc1)NC1CCN(Cn2c(-c3ccccn3)csc2=O)CC1. The van der Waals surface area contributed by atoms with E-state index in [1.165, 1.54) is 16.9 Å². The fourth-order valence-electron chi connectivity index (χ4n) is 3.80. The molecule has 156 valence electrons. The summed E-state index contributed by atoms with van der Waals surface area (Å²) in [6.45, 7) is 2.27. The van der Waals surface area contributed by atoms with Gasteiger partial charge in [-0.15, -0.1) is 0 Å². The fraction of sp³-hybridized carbons (Fsp3) is 0.348. The van der Waals surface area contributed by atoms with Crippen molar-refractivity contribution < 1.29 is 4.79 Å². The number of nitrogens with one attached hydrogen (secondary N) is 1. The summed E-state index contributed by atoms with van der Waals surface area (Å²) < 4.78 is 1.80. The van der Waals surface area contributed by atoms with Gasteiger partial charge in [-0.3, -0.25) is 24.0 Å². The number of likely N-dealkylation sites (tertiary alicyclic amines) is 1. The van der Waals surface area contributed by atoms with Crippen molar-refractivity contribution in [2.45, 2.75) is 38.4 Å². The van der Waals surface area contributed by atoms with E-state index < -0.39 is 0 Å². The van der Waals surface area contributed by atoms with Crippen LogP contribution in [0.15, 0.2) is 64.9 Å². The van der Waals surface area contributed by atoms with E-state index in [4.69, 9.17) is 0 Å². The maximum absolute atomic E-state index is 12.4. The molecule has 0 unspecified atom stereocenters. The highest BCUT2D eigenvalue weighted by Gasteiger charge is 2.22. The third-order valence-corrected chi connectivity index (χ3v) is 6.25. The number of hydrogen-bond donors (Lipinski definition) is 1. The largest absolute Gasteiger partial charge is 0.353 e. The number of aryl methyl sites for hydroxylation is 1. The number of nitrogens with zero attached hydrogens (tertiary/aromatic N) is 3. The lowest BCUT2D eigenvalue weighted by molar-refractivity contribution is -0.122. The molecule has 1 N–H and O–H groups in total. The number of aromatic nitrogens is 2. The lowest BCUT2D eigenvalue weighted by Gasteiger charge is -2.32. The number of amides is 1. The molecule has 1 saturated heterocycles. The van der Waals surface area contributed by atoms with Crippen LogP contribution in [0.3, 0.4) is 0 Å². The maximum atomic E-state index is 12.4. The Morgan fingerprint density at radius 1 is 1.10 bits per heavy atom. The Bertz CT molecular complexity index is 1010. The highest BCUT2D eigenvalue weighted by atomic mass is 32.1. The predicted octanol–water partition coefficient (Wildman–Crippen LogP) is 3.14. The zero-order valence-electron chi connectivity index (χ0n) is 16.9. The first-order chi connectivity index (χ1) is 14.7. The van der Waals surface area contributed by atoms with E-state index in [2.05, 4.69) is 27.3 Å². The Hall–Kier alpha value is -2.77. The molecule has 6 nitrogen and oxygen atoms in total. The molecule has 0 aliphatic carbocycles. The van der Waals surface area contributed by atoms with Crippen LogP contribution >= 0.6 is 11.3 Å². The van der Waals surface area contributed by atoms with Gasteiger partial charge in [-0.2, -0.15) is 0 Å². The molecule has 0 saturated carbocycles. The van der Waals surface area contributed by atoms with E-state index in [1.807, 2.05) is 41.8 Å². The highest BCUT2D eigenvalue weighted by molar-refractivity contribution is 7.07. The Labute approximate surface area is 180 Å². The molecule has 30 heavy (non-hydrogen) atoms. The predicted molar refractivity (Wildman–Crippen MR) is 119 cm³/mol. The number of carbonyl (C=O) groups excluding carboxylic acids is 1. The molecule has 1 aromatic carbocycles. The van der Waals surface area contributed by atoms with Gasteiger partial charge in [0.1, 0.15) is 0 Å². The smallest absolute Gasteiger partial charge is 0.308 e. The van der Waals surface area contributed by atoms with Crippen LogP contribution in [0.4, 0.5) is 0 Å². The van der Waals surface area contributed by atoms with Gasteiger partial charge in [0.25, 0.3) is 0 Å². The quantitative estimate of drug-likeness (QED) is 0.635. The summed E-state index contributed by atoms with van der Waals surface area (Å²) in [4.78, 5) is 31.3. The van der Waals surface area contributed by atoms with Gasteiger partial charge in [-0.25, -0.2) is 0 Å². The van der Waals surface area contributed by atoms with E-state index in [0.29, 0.717) is 13.1 Å². The topological polar surface area (TPSA) is 67.2 Å². The average Bonchev–Trinajstić information content (AvgIpc) is 3.15. The number of hydrogen-bond acceptors (Lipinski definition) is 5. The molecule has 3 heterocycles. The van der Waals surface area contributed by atoms with Gasteiger partial charge in [0, 0.05) is 37.1 Å². The van der Waals surface area contributed by atoms with Crippen molar-refractivity contribution in [3.8, 4) is 11.4 Å². The molecular weight excluding hydrogens is 396 g/mol. The fourth-order valence-corrected chi connectivity index (χ4v) is 4.54. The van der Waals surface area contributed by atoms with Crippen LogP contribution in [0.2, 0.25) is 0 Å². The van der Waals surface area contributed by atoms with Crippen LogP contribution in [-0.2, 0) is 17.9 Å². The van der Waals surface area contributed by atoms with Crippen molar-refractivity contribution in [3.63, 3.8) is 0 Å². The van der Waals surface area contributed by atoms with Crippen molar-refractivity contribution in [3.05, 3.63) is 75.3 Å². The number of pyridine rings is 1. The summed E-state index contributed by atoms with van der Waals surface area (Å²) in [5.74, 6) is 0.115. The summed E-state index contributed by atoms with van der Waals surface area (Å²) in [5, 5.41) is 5.05. The van der Waals surface area contributed by atoms with E-state index in [-0.39, 0.29) is 16.8 Å². The third-order valence-electron chi connectivity index (χ3n) is 5.49. The van der Waals surface area contributed by atoms with Crippen molar-refractivity contribution in [2.24, 2.45) is 0 Å². The zero-order valence-corrected chi connectivity index (χ0v) is 17.7. The van der Waals surface area contributed by atoms with E-state index in [1.54, 1.807) is 10.8 Å². The molecular formula is C23H26N4O2S.